The number of rotatable bonds is 6. The third-order valence-electron chi connectivity index (χ3n) is 2.50. The first-order valence-electron chi connectivity index (χ1n) is 5.85. The molecule has 0 bridgehead atoms. The minimum Gasteiger partial charge on any atom is -0.350 e. The van der Waals surface area contributed by atoms with Crippen LogP contribution in [-0.4, -0.2) is 56.1 Å². The lowest BCUT2D eigenvalue weighted by Gasteiger charge is -2.25. The molecule has 0 radical (unpaired) electrons. The summed E-state index contributed by atoms with van der Waals surface area (Å²) < 4.78 is 11.1. The maximum atomic E-state index is 12.2. The minimum atomic E-state index is -0.630. The fraction of sp³-hybridized carbons (Fsp3) is 0.667. The normalized spacial score (nSPS) is 12.2. The molecule has 0 aromatic carbocycles. The second kappa shape index (κ2) is 6.51. The van der Waals surface area contributed by atoms with Crippen LogP contribution in [0.5, 0.6) is 0 Å². The fourth-order valence-corrected chi connectivity index (χ4v) is 2.12. The fourth-order valence-electron chi connectivity index (χ4n) is 1.73. The minimum absolute atomic E-state index is 0.137. The summed E-state index contributed by atoms with van der Waals surface area (Å²) >= 11 is 1.38. The van der Waals surface area contributed by atoms with Crippen LogP contribution in [0, 0.1) is 0 Å². The predicted molar refractivity (Wildman–Crippen MR) is 75.1 cm³/mol. The van der Waals surface area contributed by atoms with E-state index in [-0.39, 0.29) is 5.56 Å². The number of H-pyrrole nitrogens is 1. The monoisotopic (exact) mass is 288 g/mol. The molecule has 7 heteroatoms. The number of quaternary nitrogens is 1. The first-order valence-corrected chi connectivity index (χ1v) is 7.08. The van der Waals surface area contributed by atoms with Gasteiger partial charge in [-0.25, -0.2) is 4.98 Å². The third-order valence-corrected chi connectivity index (χ3v) is 3.08. The lowest BCUT2D eigenvalue weighted by molar-refractivity contribution is -0.884. The van der Waals surface area contributed by atoms with Gasteiger partial charge in [0.25, 0.3) is 5.56 Å². The van der Waals surface area contributed by atoms with E-state index >= 15 is 0 Å². The van der Waals surface area contributed by atoms with Crippen LogP contribution in [0.1, 0.15) is 17.5 Å². The zero-order valence-electron chi connectivity index (χ0n) is 12.3. The van der Waals surface area contributed by atoms with Gasteiger partial charge in [-0.2, -0.15) is 0 Å². The molecule has 0 aliphatic carbocycles. The van der Waals surface area contributed by atoms with Crippen LogP contribution in [0.3, 0.4) is 0 Å². The summed E-state index contributed by atoms with van der Waals surface area (Å²) in [5, 5.41) is 0.559. The molecule has 6 nitrogen and oxygen atoms in total. The molecule has 0 spiro atoms. The summed E-state index contributed by atoms with van der Waals surface area (Å²) in [6.45, 7) is 0.551. The predicted octanol–water partition coefficient (Wildman–Crippen LogP) is 0.989. The van der Waals surface area contributed by atoms with E-state index in [9.17, 15) is 4.79 Å². The van der Waals surface area contributed by atoms with Crippen molar-refractivity contribution in [3.63, 3.8) is 0 Å². The average Bonchev–Trinajstić information content (AvgIpc) is 2.32. The molecule has 1 heterocycles. The number of nitrogens with zero attached hydrogens (tertiary/aromatic N) is 2. The Morgan fingerprint density at radius 3 is 2.32 bits per heavy atom. The lowest BCUT2D eigenvalue weighted by Crippen LogP contribution is -2.37. The van der Waals surface area contributed by atoms with Gasteiger partial charge in [-0.05, 0) is 6.26 Å². The third kappa shape index (κ3) is 4.31. The van der Waals surface area contributed by atoms with Crippen molar-refractivity contribution in [1.82, 2.24) is 9.97 Å². The number of aromatic nitrogens is 2. The lowest BCUT2D eigenvalue weighted by atomic mass is 10.2. The number of aromatic amines is 1. The molecule has 1 N–H and O–H groups in total. The van der Waals surface area contributed by atoms with Crippen molar-refractivity contribution < 1.29 is 14.0 Å². The Kier molecular flexibility index (Phi) is 5.54. The van der Waals surface area contributed by atoms with Crippen LogP contribution in [0.4, 0.5) is 0 Å². The Labute approximate surface area is 117 Å². The first kappa shape index (κ1) is 16.2. The average molecular weight is 288 g/mol. The number of ether oxygens (including phenoxy) is 2. The summed E-state index contributed by atoms with van der Waals surface area (Å²) in [5.74, 6) is 0. The second-order valence-electron chi connectivity index (χ2n) is 5.19. The van der Waals surface area contributed by atoms with E-state index < -0.39 is 6.29 Å². The number of nitrogens with one attached hydrogen (secondary N) is 1. The Bertz CT molecular complexity index is 478. The number of hydrogen-bond acceptors (Lipinski definition) is 5. The number of methoxy groups -OCH3 is 2. The van der Waals surface area contributed by atoms with Crippen LogP contribution in [0.2, 0.25) is 0 Å². The Morgan fingerprint density at radius 1 is 1.32 bits per heavy atom. The van der Waals surface area contributed by atoms with Gasteiger partial charge in [0.1, 0.15) is 12.2 Å². The molecular weight excluding hydrogens is 266 g/mol. The van der Waals surface area contributed by atoms with E-state index in [2.05, 4.69) is 9.97 Å². The maximum Gasteiger partial charge on any atom is 0.260 e. The van der Waals surface area contributed by atoms with Crippen LogP contribution in [-0.2, 0) is 16.0 Å². The van der Waals surface area contributed by atoms with Gasteiger partial charge < -0.3 is 18.9 Å². The van der Waals surface area contributed by atoms with Gasteiger partial charge in [-0.3, -0.25) is 4.79 Å². The van der Waals surface area contributed by atoms with Crippen LogP contribution in [0.15, 0.2) is 9.95 Å². The summed E-state index contributed by atoms with van der Waals surface area (Å²) in [4.78, 5) is 19.4. The summed E-state index contributed by atoms with van der Waals surface area (Å²) in [7, 11) is 9.11. The van der Waals surface area contributed by atoms with E-state index in [1.807, 2.05) is 27.4 Å². The van der Waals surface area contributed by atoms with Crippen molar-refractivity contribution in [1.29, 1.82) is 0 Å². The van der Waals surface area contributed by atoms with Gasteiger partial charge in [-0.1, -0.05) is 11.8 Å². The number of thioether (sulfide) groups is 1. The topological polar surface area (TPSA) is 64.2 Å². The molecule has 19 heavy (non-hydrogen) atoms. The van der Waals surface area contributed by atoms with Gasteiger partial charge in [0.05, 0.1) is 26.7 Å². The molecule has 0 aliphatic rings. The van der Waals surface area contributed by atoms with E-state index in [1.54, 1.807) is 0 Å². The molecule has 0 saturated heterocycles. The Hall–Kier alpha value is -0.890. The molecule has 108 valence electrons. The highest BCUT2D eigenvalue weighted by Crippen LogP contribution is 2.21. The molecule has 0 saturated carbocycles. The summed E-state index contributed by atoms with van der Waals surface area (Å²) in [6.07, 6.45) is 1.23. The van der Waals surface area contributed by atoms with Gasteiger partial charge in [0.2, 0.25) is 6.29 Å². The van der Waals surface area contributed by atoms with E-state index in [4.69, 9.17) is 9.47 Å². The zero-order chi connectivity index (χ0) is 14.6. The molecule has 0 atom stereocenters. The van der Waals surface area contributed by atoms with E-state index in [1.165, 1.54) is 26.0 Å². The molecular formula is C12H22N3O3S+. The van der Waals surface area contributed by atoms with Crippen LogP contribution >= 0.6 is 11.8 Å². The zero-order valence-corrected chi connectivity index (χ0v) is 13.1. The quantitative estimate of drug-likeness (QED) is 0.366. The number of hydrogen-bond donors (Lipinski definition) is 1. The molecule has 0 fully saturated rings. The highest BCUT2D eigenvalue weighted by molar-refractivity contribution is 7.98. The molecule has 1 aromatic rings. The van der Waals surface area contributed by atoms with E-state index in [0.717, 1.165) is 0 Å². The van der Waals surface area contributed by atoms with Crippen molar-refractivity contribution in [3.8, 4) is 0 Å². The van der Waals surface area contributed by atoms with Crippen molar-refractivity contribution in [2.24, 2.45) is 0 Å². The Morgan fingerprint density at radius 2 is 1.89 bits per heavy atom. The van der Waals surface area contributed by atoms with E-state index in [0.29, 0.717) is 27.4 Å². The van der Waals surface area contributed by atoms with Crippen LogP contribution < -0.4 is 5.56 Å². The second-order valence-corrected chi connectivity index (χ2v) is 5.99. The summed E-state index contributed by atoms with van der Waals surface area (Å²) in [6, 6.07) is 0. The molecule has 1 rings (SSSR count). The van der Waals surface area contributed by atoms with Crippen molar-refractivity contribution in [3.05, 3.63) is 21.6 Å². The molecule has 0 aliphatic heterocycles. The van der Waals surface area contributed by atoms with Gasteiger partial charge in [0.15, 0.2) is 5.16 Å². The maximum absolute atomic E-state index is 12.2. The first-order chi connectivity index (χ1) is 8.82. The van der Waals surface area contributed by atoms with Gasteiger partial charge >= 0.3 is 0 Å². The van der Waals surface area contributed by atoms with Gasteiger partial charge in [-0.15, -0.1) is 0 Å². The summed E-state index contributed by atoms with van der Waals surface area (Å²) in [5.41, 5.74) is 1.01. The largest absolute Gasteiger partial charge is 0.350 e. The molecule has 0 unspecified atom stereocenters. The standard InChI is InChI=1S/C12H21N3O3S/c1-15(2,3)7-8-9(11(17-4)18-5)13-12(19-6)14-10(8)16/h11H,7H2,1-6H3/p+1. The molecule has 1 aromatic heterocycles. The van der Waals surface area contributed by atoms with Gasteiger partial charge in [0, 0.05) is 14.2 Å². The van der Waals surface area contributed by atoms with Crippen molar-refractivity contribution >= 4 is 11.8 Å². The van der Waals surface area contributed by atoms with Crippen LogP contribution in [0.25, 0.3) is 0 Å². The highest BCUT2D eigenvalue weighted by Gasteiger charge is 2.24. The van der Waals surface area contributed by atoms with Crippen molar-refractivity contribution in [2.75, 3.05) is 41.6 Å². The SMILES string of the molecule is COC(OC)c1nc(SC)[nH]c(=O)c1C[N+](C)(C)C. The molecule has 0 amide bonds. The smallest absolute Gasteiger partial charge is 0.260 e. The van der Waals surface area contributed by atoms with Crippen molar-refractivity contribution in [2.45, 2.75) is 18.0 Å². The Balaban J connectivity index is 3.37. The highest BCUT2D eigenvalue weighted by atomic mass is 32.2.